The Hall–Kier alpha value is -2.14. The molecule has 2 aromatic rings. The average Bonchev–Trinajstić information content (AvgIpc) is 2.82. The number of aryl methyl sites for hydroxylation is 2. The number of amides is 2. The van der Waals surface area contributed by atoms with Crippen molar-refractivity contribution in [1.82, 2.24) is 0 Å². The van der Waals surface area contributed by atoms with Crippen molar-refractivity contribution in [3.05, 3.63) is 51.9 Å². The lowest BCUT2D eigenvalue weighted by Crippen LogP contribution is -2.16. The molecule has 104 valence electrons. The molecule has 0 fully saturated rings. The highest BCUT2D eigenvalue weighted by Crippen LogP contribution is 2.28. The highest BCUT2D eigenvalue weighted by Gasteiger charge is 2.16. The number of rotatable bonds is 4. The normalized spacial score (nSPS) is 10.3. The second-order valence-electron chi connectivity index (χ2n) is 4.49. The predicted octanol–water partition coefficient (Wildman–Crippen LogP) is 2.97. The van der Waals surface area contributed by atoms with Crippen LogP contribution in [-0.2, 0) is 6.42 Å². The van der Waals surface area contributed by atoms with Gasteiger partial charge in [-0.05, 0) is 31.5 Å². The molecule has 1 heterocycles. The van der Waals surface area contributed by atoms with Crippen LogP contribution in [0.3, 0.4) is 0 Å². The van der Waals surface area contributed by atoms with Gasteiger partial charge in [-0.1, -0.05) is 24.6 Å². The Morgan fingerprint density at radius 3 is 2.45 bits per heavy atom. The lowest BCUT2D eigenvalue weighted by atomic mass is 10.1. The summed E-state index contributed by atoms with van der Waals surface area (Å²) in [7, 11) is 0. The van der Waals surface area contributed by atoms with Gasteiger partial charge in [-0.3, -0.25) is 9.59 Å². The van der Waals surface area contributed by atoms with E-state index < -0.39 is 5.91 Å². The first-order valence-corrected chi connectivity index (χ1v) is 7.13. The quantitative estimate of drug-likeness (QED) is 0.907. The fraction of sp³-hybridized carbons (Fsp3) is 0.200. The van der Waals surface area contributed by atoms with Gasteiger partial charge in [0.05, 0.1) is 5.56 Å². The molecule has 4 nitrogen and oxygen atoms in total. The van der Waals surface area contributed by atoms with Crippen molar-refractivity contribution < 1.29 is 9.59 Å². The third-order valence-corrected chi connectivity index (χ3v) is 4.13. The van der Waals surface area contributed by atoms with Crippen LogP contribution in [-0.4, -0.2) is 11.8 Å². The molecule has 0 saturated carbocycles. The van der Waals surface area contributed by atoms with E-state index in [0.717, 1.165) is 16.9 Å². The summed E-state index contributed by atoms with van der Waals surface area (Å²) < 4.78 is 0. The number of nitrogens with two attached hydrogens (primary N) is 1. The molecular weight excluding hydrogens is 272 g/mol. The molecule has 2 rings (SSSR count). The van der Waals surface area contributed by atoms with Gasteiger partial charge in [-0.25, -0.2) is 0 Å². The lowest BCUT2D eigenvalue weighted by molar-refractivity contribution is 0.100. The summed E-state index contributed by atoms with van der Waals surface area (Å²) in [6, 6.07) is 8.98. The number of primary amides is 1. The second-order valence-corrected chi connectivity index (χ2v) is 5.63. The molecule has 0 unspecified atom stereocenters. The molecule has 1 aromatic carbocycles. The van der Waals surface area contributed by atoms with Crippen molar-refractivity contribution in [1.29, 1.82) is 0 Å². The average molecular weight is 288 g/mol. The minimum absolute atomic E-state index is 0.239. The monoisotopic (exact) mass is 288 g/mol. The number of nitrogens with one attached hydrogen (secondary N) is 1. The van der Waals surface area contributed by atoms with Crippen molar-refractivity contribution in [3.8, 4) is 0 Å². The van der Waals surface area contributed by atoms with Crippen LogP contribution >= 0.6 is 11.3 Å². The first-order chi connectivity index (χ1) is 9.51. The van der Waals surface area contributed by atoms with Crippen molar-refractivity contribution in [2.45, 2.75) is 20.3 Å². The summed E-state index contributed by atoms with van der Waals surface area (Å²) in [6.07, 6.45) is 0.797. The van der Waals surface area contributed by atoms with E-state index in [0.29, 0.717) is 16.1 Å². The lowest BCUT2D eigenvalue weighted by Gasteiger charge is -2.04. The van der Waals surface area contributed by atoms with Crippen LogP contribution in [0.1, 0.15) is 38.1 Å². The first-order valence-electron chi connectivity index (χ1n) is 6.31. The molecule has 0 atom stereocenters. The summed E-state index contributed by atoms with van der Waals surface area (Å²) in [5.41, 5.74) is 7.34. The van der Waals surface area contributed by atoms with Crippen LogP contribution in [0, 0.1) is 6.92 Å². The van der Waals surface area contributed by atoms with Gasteiger partial charge in [-0.15, -0.1) is 11.3 Å². The van der Waals surface area contributed by atoms with Gasteiger partial charge in [0, 0.05) is 10.4 Å². The zero-order chi connectivity index (χ0) is 14.7. The fourth-order valence-electron chi connectivity index (χ4n) is 1.77. The van der Waals surface area contributed by atoms with Gasteiger partial charge in [0.2, 0.25) is 0 Å². The molecule has 0 radical (unpaired) electrons. The van der Waals surface area contributed by atoms with Gasteiger partial charge in [0.1, 0.15) is 5.00 Å². The van der Waals surface area contributed by atoms with E-state index in [1.54, 1.807) is 18.2 Å². The van der Waals surface area contributed by atoms with Gasteiger partial charge in [0.25, 0.3) is 11.8 Å². The van der Waals surface area contributed by atoms with Crippen LogP contribution in [0.25, 0.3) is 0 Å². The topological polar surface area (TPSA) is 72.2 Å². The van der Waals surface area contributed by atoms with Crippen molar-refractivity contribution in [2.75, 3.05) is 5.32 Å². The summed E-state index contributed by atoms with van der Waals surface area (Å²) in [5, 5.41) is 3.27. The smallest absolute Gasteiger partial charge is 0.256 e. The Kier molecular flexibility index (Phi) is 4.20. The molecule has 3 N–H and O–H groups in total. The van der Waals surface area contributed by atoms with Crippen LogP contribution in [0.15, 0.2) is 30.3 Å². The Balaban J connectivity index is 2.25. The van der Waals surface area contributed by atoms with Crippen LogP contribution in [0.2, 0.25) is 0 Å². The number of carbonyl (C=O) groups excluding carboxylic acids is 2. The summed E-state index contributed by atoms with van der Waals surface area (Å²) in [5.74, 6) is -0.767. The van der Waals surface area contributed by atoms with Gasteiger partial charge >= 0.3 is 0 Å². The molecule has 20 heavy (non-hydrogen) atoms. The number of thiophene rings is 1. The number of benzene rings is 1. The van der Waals surface area contributed by atoms with E-state index in [9.17, 15) is 9.59 Å². The third kappa shape index (κ3) is 3.05. The fourth-order valence-corrected chi connectivity index (χ4v) is 2.77. The molecule has 1 aromatic heterocycles. The summed E-state index contributed by atoms with van der Waals surface area (Å²) in [4.78, 5) is 24.5. The number of carbonyl (C=O) groups is 2. The SMILES string of the molecule is CCc1cc(C(N)=O)c(NC(=O)c2ccc(C)cc2)s1. The maximum atomic E-state index is 12.1. The summed E-state index contributed by atoms with van der Waals surface area (Å²) in [6.45, 7) is 3.95. The van der Waals surface area contributed by atoms with E-state index in [1.807, 2.05) is 26.0 Å². The Bertz CT molecular complexity index is 644. The van der Waals surface area contributed by atoms with Crippen molar-refractivity contribution >= 4 is 28.2 Å². The number of hydrogen-bond acceptors (Lipinski definition) is 3. The van der Waals surface area contributed by atoms with E-state index in [4.69, 9.17) is 5.73 Å². The van der Waals surface area contributed by atoms with Crippen LogP contribution < -0.4 is 11.1 Å². The molecule has 0 aliphatic heterocycles. The van der Waals surface area contributed by atoms with Gasteiger partial charge in [-0.2, -0.15) is 0 Å². The largest absolute Gasteiger partial charge is 0.366 e. The maximum Gasteiger partial charge on any atom is 0.256 e. The summed E-state index contributed by atoms with van der Waals surface area (Å²) >= 11 is 1.38. The van der Waals surface area contributed by atoms with Crippen molar-refractivity contribution in [2.24, 2.45) is 5.73 Å². The molecule has 0 saturated heterocycles. The van der Waals surface area contributed by atoms with Crippen molar-refractivity contribution in [3.63, 3.8) is 0 Å². The van der Waals surface area contributed by atoms with Gasteiger partial charge in [0.15, 0.2) is 0 Å². The molecule has 0 spiro atoms. The van der Waals surface area contributed by atoms with E-state index >= 15 is 0 Å². The van der Waals surface area contributed by atoms with E-state index in [2.05, 4.69) is 5.32 Å². The first kappa shape index (κ1) is 14.3. The Morgan fingerprint density at radius 1 is 1.25 bits per heavy atom. The molecule has 0 aliphatic carbocycles. The second kappa shape index (κ2) is 5.88. The zero-order valence-corrected chi connectivity index (χ0v) is 12.2. The predicted molar refractivity (Wildman–Crippen MR) is 81.3 cm³/mol. The third-order valence-electron chi connectivity index (χ3n) is 2.94. The Labute approximate surface area is 121 Å². The van der Waals surface area contributed by atoms with E-state index in [1.165, 1.54) is 11.3 Å². The highest BCUT2D eigenvalue weighted by molar-refractivity contribution is 7.16. The minimum atomic E-state index is -0.528. The minimum Gasteiger partial charge on any atom is -0.366 e. The zero-order valence-electron chi connectivity index (χ0n) is 11.4. The molecule has 0 aliphatic rings. The van der Waals surface area contributed by atoms with Crippen LogP contribution in [0.5, 0.6) is 0 Å². The van der Waals surface area contributed by atoms with Gasteiger partial charge < -0.3 is 11.1 Å². The highest BCUT2D eigenvalue weighted by atomic mass is 32.1. The van der Waals surface area contributed by atoms with E-state index in [-0.39, 0.29) is 5.91 Å². The maximum absolute atomic E-state index is 12.1. The molecule has 5 heteroatoms. The standard InChI is InChI=1S/C15H16N2O2S/c1-3-11-8-12(13(16)18)15(20-11)17-14(19)10-6-4-9(2)5-7-10/h4-8H,3H2,1-2H3,(H2,16,18)(H,17,19). The molecular formula is C15H16N2O2S. The molecule has 0 bridgehead atoms. The molecule has 2 amide bonds. The Morgan fingerprint density at radius 2 is 1.90 bits per heavy atom. The number of anilines is 1. The number of hydrogen-bond donors (Lipinski definition) is 2. The van der Waals surface area contributed by atoms with Crippen LogP contribution in [0.4, 0.5) is 5.00 Å².